The Balaban J connectivity index is 0.000001000. The fourth-order valence-corrected chi connectivity index (χ4v) is 0.552. The van der Waals surface area contributed by atoms with E-state index in [4.69, 9.17) is 9.47 Å². The largest absolute Gasteiger partial charge is 0.458 e. The van der Waals surface area contributed by atoms with E-state index in [0.29, 0.717) is 6.61 Å². The summed E-state index contributed by atoms with van der Waals surface area (Å²) in [5, 5.41) is 0. The number of hydrogen-bond donors (Lipinski definition) is 0. The van der Waals surface area contributed by atoms with Gasteiger partial charge in [0, 0.05) is 0 Å². The van der Waals surface area contributed by atoms with E-state index in [9.17, 15) is 4.79 Å². The van der Waals surface area contributed by atoms with E-state index in [1.807, 2.05) is 20.8 Å². The van der Waals surface area contributed by atoms with Gasteiger partial charge < -0.3 is 9.47 Å². The van der Waals surface area contributed by atoms with E-state index in [2.05, 4.69) is 0 Å². The highest BCUT2D eigenvalue weighted by Crippen LogP contribution is 2.15. The van der Waals surface area contributed by atoms with Crippen molar-refractivity contribution in [2.24, 2.45) is 0 Å². The number of esters is 1. The summed E-state index contributed by atoms with van der Waals surface area (Å²) in [6.45, 7) is 6.04. The van der Waals surface area contributed by atoms with Gasteiger partial charge >= 0.3 is 5.97 Å². The summed E-state index contributed by atoms with van der Waals surface area (Å²) in [7, 11) is 0. The molecular formula is C7H13ClO3. The van der Waals surface area contributed by atoms with Crippen LogP contribution >= 0.6 is 12.4 Å². The first kappa shape index (κ1) is 10.7. The maximum absolute atomic E-state index is 10.9. The summed E-state index contributed by atoms with van der Waals surface area (Å²) in [6, 6.07) is 0. The van der Waals surface area contributed by atoms with Crippen LogP contribution in [0.4, 0.5) is 0 Å². The van der Waals surface area contributed by atoms with Gasteiger partial charge in [-0.3, -0.25) is 0 Å². The average Bonchev–Trinajstić information content (AvgIpc) is 2.35. The molecule has 1 aliphatic heterocycles. The Morgan fingerprint density at radius 3 is 2.27 bits per heavy atom. The van der Waals surface area contributed by atoms with Gasteiger partial charge in [0.25, 0.3) is 0 Å². The van der Waals surface area contributed by atoms with Crippen molar-refractivity contribution in [2.45, 2.75) is 32.5 Å². The second-order valence-corrected chi connectivity index (χ2v) is 3.36. The second kappa shape index (κ2) is 3.41. The van der Waals surface area contributed by atoms with Gasteiger partial charge in [0.05, 0.1) is 6.61 Å². The molecule has 0 N–H and O–H groups in total. The summed E-state index contributed by atoms with van der Waals surface area (Å²) in [4.78, 5) is 10.9. The van der Waals surface area contributed by atoms with Crippen LogP contribution in [-0.4, -0.2) is 24.3 Å². The molecule has 0 saturated carbocycles. The minimum absolute atomic E-state index is 0. The van der Waals surface area contributed by atoms with Crippen LogP contribution < -0.4 is 0 Å². The normalized spacial score (nSPS) is 21.9. The van der Waals surface area contributed by atoms with Crippen molar-refractivity contribution in [3.63, 3.8) is 0 Å². The van der Waals surface area contributed by atoms with Gasteiger partial charge in [-0.25, -0.2) is 4.79 Å². The van der Waals surface area contributed by atoms with E-state index in [0.717, 1.165) is 0 Å². The number of epoxide rings is 1. The molecule has 1 saturated heterocycles. The van der Waals surface area contributed by atoms with Crippen LogP contribution in [0.2, 0.25) is 0 Å². The summed E-state index contributed by atoms with van der Waals surface area (Å²) in [6.07, 6.45) is -0.278. The molecule has 0 amide bonds. The summed E-state index contributed by atoms with van der Waals surface area (Å²) >= 11 is 0. The maximum atomic E-state index is 10.9. The predicted octanol–water partition coefficient (Wildman–Crippen LogP) is 1.15. The van der Waals surface area contributed by atoms with Gasteiger partial charge in [-0.1, -0.05) is 0 Å². The van der Waals surface area contributed by atoms with Crippen molar-refractivity contribution < 1.29 is 14.3 Å². The van der Waals surface area contributed by atoms with Gasteiger partial charge in [-0.05, 0) is 20.8 Å². The minimum Gasteiger partial charge on any atom is -0.458 e. The third-order valence-electron chi connectivity index (χ3n) is 1.00. The molecule has 0 aliphatic carbocycles. The lowest BCUT2D eigenvalue weighted by molar-refractivity contribution is -0.156. The number of carbonyl (C=O) groups is 1. The lowest BCUT2D eigenvalue weighted by atomic mass is 10.2. The number of carbonyl (C=O) groups excluding carboxylic acids is 1. The summed E-state index contributed by atoms with van der Waals surface area (Å²) in [5.74, 6) is -0.243. The molecule has 4 heteroatoms. The fraction of sp³-hybridized carbons (Fsp3) is 0.857. The number of hydrogen-bond acceptors (Lipinski definition) is 3. The van der Waals surface area contributed by atoms with Crippen LogP contribution in [-0.2, 0) is 14.3 Å². The number of halogens is 1. The van der Waals surface area contributed by atoms with Crippen molar-refractivity contribution in [3.05, 3.63) is 0 Å². The molecule has 1 aliphatic rings. The fourth-order valence-electron chi connectivity index (χ4n) is 0.552. The zero-order chi connectivity index (χ0) is 7.78. The highest BCUT2D eigenvalue weighted by molar-refractivity contribution is 5.85. The SMILES string of the molecule is CC(C)(C)OC(=O)C1CO1.Cl. The lowest BCUT2D eigenvalue weighted by Gasteiger charge is -2.18. The van der Waals surface area contributed by atoms with E-state index < -0.39 is 0 Å². The van der Waals surface area contributed by atoms with Crippen molar-refractivity contribution in [2.75, 3.05) is 6.61 Å². The quantitative estimate of drug-likeness (QED) is 0.449. The summed E-state index contributed by atoms with van der Waals surface area (Å²) < 4.78 is 9.74. The Labute approximate surface area is 72.5 Å². The molecule has 0 bridgehead atoms. The zero-order valence-electron chi connectivity index (χ0n) is 6.92. The van der Waals surface area contributed by atoms with Crippen LogP contribution in [0.3, 0.4) is 0 Å². The standard InChI is InChI=1S/C7H12O3.ClH/c1-7(2,3)10-6(8)5-4-9-5;/h5H,4H2,1-3H3;1H. The van der Waals surface area contributed by atoms with Gasteiger partial charge in [-0.15, -0.1) is 12.4 Å². The highest BCUT2D eigenvalue weighted by Gasteiger charge is 2.35. The third kappa shape index (κ3) is 4.22. The first-order chi connectivity index (χ1) is 4.49. The zero-order valence-corrected chi connectivity index (χ0v) is 7.73. The van der Waals surface area contributed by atoms with E-state index >= 15 is 0 Å². The molecule has 11 heavy (non-hydrogen) atoms. The van der Waals surface area contributed by atoms with E-state index in [1.165, 1.54) is 0 Å². The maximum Gasteiger partial charge on any atom is 0.338 e. The van der Waals surface area contributed by atoms with Crippen molar-refractivity contribution in [1.82, 2.24) is 0 Å². The molecule has 3 nitrogen and oxygen atoms in total. The van der Waals surface area contributed by atoms with Crippen LogP contribution in [0.1, 0.15) is 20.8 Å². The van der Waals surface area contributed by atoms with Crippen LogP contribution in [0.15, 0.2) is 0 Å². The Kier molecular flexibility index (Phi) is 3.32. The molecule has 1 rings (SSSR count). The van der Waals surface area contributed by atoms with Crippen molar-refractivity contribution in [1.29, 1.82) is 0 Å². The molecule has 1 fully saturated rings. The van der Waals surface area contributed by atoms with Crippen LogP contribution in [0, 0.1) is 0 Å². The predicted molar refractivity (Wildman–Crippen MR) is 42.8 cm³/mol. The highest BCUT2D eigenvalue weighted by atomic mass is 35.5. The Bertz CT molecular complexity index is 146. The molecule has 0 aromatic rings. The minimum atomic E-state index is -0.386. The van der Waals surface area contributed by atoms with E-state index in [1.54, 1.807) is 0 Å². The van der Waals surface area contributed by atoms with Crippen LogP contribution in [0.25, 0.3) is 0 Å². The first-order valence-electron chi connectivity index (χ1n) is 3.33. The molecule has 0 spiro atoms. The van der Waals surface area contributed by atoms with Gasteiger partial charge in [0.1, 0.15) is 5.60 Å². The molecule has 0 aromatic carbocycles. The smallest absolute Gasteiger partial charge is 0.338 e. The topological polar surface area (TPSA) is 38.8 Å². The first-order valence-corrected chi connectivity index (χ1v) is 3.33. The Morgan fingerprint density at radius 1 is 1.55 bits per heavy atom. The molecule has 1 atom stereocenters. The Morgan fingerprint density at radius 2 is 2.00 bits per heavy atom. The lowest BCUT2D eigenvalue weighted by Crippen LogP contribution is -2.26. The van der Waals surface area contributed by atoms with Gasteiger partial charge in [-0.2, -0.15) is 0 Å². The van der Waals surface area contributed by atoms with Crippen molar-refractivity contribution >= 4 is 18.4 Å². The van der Waals surface area contributed by atoms with Crippen LogP contribution in [0.5, 0.6) is 0 Å². The molecular weight excluding hydrogens is 168 g/mol. The number of ether oxygens (including phenoxy) is 2. The molecule has 1 heterocycles. The molecule has 66 valence electrons. The van der Waals surface area contributed by atoms with E-state index in [-0.39, 0.29) is 30.1 Å². The molecule has 0 aromatic heterocycles. The monoisotopic (exact) mass is 180 g/mol. The second-order valence-electron chi connectivity index (χ2n) is 3.36. The van der Waals surface area contributed by atoms with Crippen molar-refractivity contribution in [3.8, 4) is 0 Å². The molecule has 1 unspecified atom stereocenters. The third-order valence-corrected chi connectivity index (χ3v) is 1.00. The summed E-state index contributed by atoms with van der Waals surface area (Å²) in [5.41, 5.74) is -0.386. The molecule has 0 radical (unpaired) electrons. The average molecular weight is 181 g/mol. The number of rotatable bonds is 1. The van der Waals surface area contributed by atoms with Gasteiger partial charge in [0.2, 0.25) is 0 Å². The Hall–Kier alpha value is -0.280. The van der Waals surface area contributed by atoms with Gasteiger partial charge in [0.15, 0.2) is 6.10 Å².